The van der Waals surface area contributed by atoms with Crippen LogP contribution in [-0.2, 0) is 25.6 Å². The quantitative estimate of drug-likeness (QED) is 0.0798. The fourth-order valence-electron chi connectivity index (χ4n) is 4.61. The van der Waals surface area contributed by atoms with Gasteiger partial charge >= 0.3 is 5.97 Å². The number of carbonyl (C=O) groups excluding carboxylic acids is 3. The number of aliphatic hydroxyl groups is 1. The number of aliphatic imine (C=N–C) groups is 1. The largest absolute Gasteiger partial charge is 0.480 e. The summed E-state index contributed by atoms with van der Waals surface area (Å²) in [5.74, 6) is -3.13. The predicted octanol–water partition coefficient (Wildman–Crippen LogP) is -1.87. The Morgan fingerprint density at radius 3 is 2.59 bits per heavy atom. The van der Waals surface area contributed by atoms with E-state index < -0.39 is 54.5 Å². The second-order valence-corrected chi connectivity index (χ2v) is 9.45. The zero-order valence-corrected chi connectivity index (χ0v) is 21.5. The molecule has 4 unspecified atom stereocenters. The molecule has 0 aliphatic carbocycles. The smallest absolute Gasteiger partial charge is 0.326 e. The van der Waals surface area contributed by atoms with Crippen molar-refractivity contribution in [3.8, 4) is 0 Å². The number of carboxylic acid groups (broad SMARTS) is 1. The summed E-state index contributed by atoms with van der Waals surface area (Å²) < 4.78 is 0. The minimum Gasteiger partial charge on any atom is -0.480 e. The first-order chi connectivity index (χ1) is 18.6. The number of carbonyl (C=O) groups is 4. The van der Waals surface area contributed by atoms with E-state index in [-0.39, 0.29) is 31.9 Å². The predicted molar refractivity (Wildman–Crippen MR) is 143 cm³/mol. The van der Waals surface area contributed by atoms with Crippen molar-refractivity contribution in [2.75, 3.05) is 19.7 Å². The number of amides is 3. The summed E-state index contributed by atoms with van der Waals surface area (Å²) in [7, 11) is 0. The van der Waals surface area contributed by atoms with Crippen molar-refractivity contribution < 1.29 is 29.4 Å². The SMILES string of the molecule is NC(N)=NCCCC(NC(=O)C1CCCN1C(=O)C(Cc1c[nH]c2ccccc12)NC(=O)C(N)CO)C(=O)O. The molecule has 1 saturated heterocycles. The maximum absolute atomic E-state index is 13.7. The minimum atomic E-state index is -1.23. The van der Waals surface area contributed by atoms with Crippen LogP contribution in [0, 0.1) is 0 Å². The molecule has 3 rings (SSSR count). The number of hydrogen-bond acceptors (Lipinski definition) is 7. The van der Waals surface area contributed by atoms with Crippen LogP contribution in [0.4, 0.5) is 0 Å². The second kappa shape index (κ2) is 13.6. The molecule has 11 N–H and O–H groups in total. The van der Waals surface area contributed by atoms with Crippen LogP contribution in [0.5, 0.6) is 0 Å². The molecular formula is C25H36N8O6. The number of rotatable bonds is 13. The summed E-state index contributed by atoms with van der Waals surface area (Å²) in [6, 6.07) is 3.09. The number of aromatic nitrogens is 1. The van der Waals surface area contributed by atoms with Crippen molar-refractivity contribution in [2.45, 2.75) is 56.3 Å². The number of aliphatic hydroxyl groups excluding tert-OH is 1. The Labute approximate surface area is 225 Å². The molecule has 0 saturated carbocycles. The summed E-state index contributed by atoms with van der Waals surface area (Å²) in [6.07, 6.45) is 3.14. The zero-order valence-electron chi connectivity index (χ0n) is 21.5. The van der Waals surface area contributed by atoms with Crippen LogP contribution in [0.3, 0.4) is 0 Å². The lowest BCUT2D eigenvalue weighted by Gasteiger charge is -2.30. The molecule has 1 aliphatic heterocycles. The average molecular weight is 545 g/mol. The molecule has 1 aromatic heterocycles. The van der Waals surface area contributed by atoms with Crippen LogP contribution in [0.2, 0.25) is 0 Å². The van der Waals surface area contributed by atoms with Gasteiger partial charge in [0.15, 0.2) is 5.96 Å². The molecular weight excluding hydrogens is 508 g/mol. The number of nitrogens with two attached hydrogens (primary N) is 3. The number of fused-ring (bicyclic) bond motifs is 1. The number of aliphatic carboxylic acids is 1. The molecule has 0 bridgehead atoms. The highest BCUT2D eigenvalue weighted by molar-refractivity contribution is 5.95. The third-order valence-corrected chi connectivity index (χ3v) is 6.65. The van der Waals surface area contributed by atoms with E-state index >= 15 is 0 Å². The number of nitrogens with one attached hydrogen (secondary N) is 3. The first kappa shape index (κ1) is 29.4. The molecule has 2 aromatic rings. The molecule has 2 heterocycles. The number of likely N-dealkylation sites (tertiary alicyclic amines) is 1. The number of aromatic amines is 1. The van der Waals surface area contributed by atoms with Gasteiger partial charge in [-0.1, -0.05) is 18.2 Å². The number of H-pyrrole nitrogens is 1. The minimum absolute atomic E-state index is 0.0941. The molecule has 14 heteroatoms. The zero-order chi connectivity index (χ0) is 28.5. The molecule has 39 heavy (non-hydrogen) atoms. The molecule has 14 nitrogen and oxygen atoms in total. The van der Waals surface area contributed by atoms with Crippen molar-refractivity contribution in [3.63, 3.8) is 0 Å². The van der Waals surface area contributed by atoms with E-state index in [1.165, 1.54) is 4.90 Å². The van der Waals surface area contributed by atoms with E-state index in [4.69, 9.17) is 17.2 Å². The summed E-state index contributed by atoms with van der Waals surface area (Å²) in [6.45, 7) is -0.138. The Morgan fingerprint density at radius 2 is 1.90 bits per heavy atom. The van der Waals surface area contributed by atoms with Crippen molar-refractivity contribution >= 4 is 40.6 Å². The van der Waals surface area contributed by atoms with E-state index in [0.717, 1.165) is 16.5 Å². The van der Waals surface area contributed by atoms with Crippen molar-refractivity contribution in [3.05, 3.63) is 36.0 Å². The van der Waals surface area contributed by atoms with Gasteiger partial charge in [0.1, 0.15) is 24.2 Å². The Morgan fingerprint density at radius 1 is 1.15 bits per heavy atom. The first-order valence-electron chi connectivity index (χ1n) is 12.7. The Balaban J connectivity index is 1.76. The number of carboxylic acids is 1. The van der Waals surface area contributed by atoms with Gasteiger partial charge in [0, 0.05) is 36.6 Å². The highest BCUT2D eigenvalue weighted by Gasteiger charge is 2.39. The maximum atomic E-state index is 13.7. The highest BCUT2D eigenvalue weighted by atomic mass is 16.4. The molecule has 212 valence electrons. The monoisotopic (exact) mass is 544 g/mol. The summed E-state index contributed by atoms with van der Waals surface area (Å²) in [5.41, 5.74) is 17.9. The number of para-hydroxylation sites is 1. The van der Waals surface area contributed by atoms with Crippen LogP contribution in [-0.4, -0.2) is 93.6 Å². The van der Waals surface area contributed by atoms with Gasteiger partial charge < -0.3 is 47.9 Å². The third-order valence-electron chi connectivity index (χ3n) is 6.65. The second-order valence-electron chi connectivity index (χ2n) is 9.45. The fourth-order valence-corrected chi connectivity index (χ4v) is 4.61. The first-order valence-corrected chi connectivity index (χ1v) is 12.7. The Bertz CT molecular complexity index is 1210. The van der Waals surface area contributed by atoms with E-state index in [0.29, 0.717) is 19.3 Å². The lowest BCUT2D eigenvalue weighted by atomic mass is 10.0. The van der Waals surface area contributed by atoms with Gasteiger partial charge in [-0.15, -0.1) is 0 Å². The number of hydrogen-bond donors (Lipinski definition) is 8. The third kappa shape index (κ3) is 7.67. The lowest BCUT2D eigenvalue weighted by molar-refractivity contribution is -0.145. The topological polar surface area (TPSA) is 242 Å². The van der Waals surface area contributed by atoms with Crippen LogP contribution < -0.4 is 27.8 Å². The molecule has 0 spiro atoms. The molecule has 3 amide bonds. The van der Waals surface area contributed by atoms with Crippen molar-refractivity contribution in [2.24, 2.45) is 22.2 Å². The average Bonchev–Trinajstić information content (AvgIpc) is 3.56. The normalized spacial score (nSPS) is 17.3. The van der Waals surface area contributed by atoms with Crippen LogP contribution in [0.15, 0.2) is 35.5 Å². The van der Waals surface area contributed by atoms with Gasteiger partial charge in [-0.25, -0.2) is 4.79 Å². The number of benzene rings is 1. The van der Waals surface area contributed by atoms with E-state index in [2.05, 4.69) is 20.6 Å². The molecule has 4 atom stereocenters. The summed E-state index contributed by atoms with van der Waals surface area (Å²) in [5, 5.41) is 24.9. The van der Waals surface area contributed by atoms with Gasteiger partial charge in [0.05, 0.1) is 6.61 Å². The fraction of sp³-hybridized carbons (Fsp3) is 0.480. The molecule has 1 fully saturated rings. The van der Waals surface area contributed by atoms with Gasteiger partial charge in [-0.05, 0) is 37.3 Å². The van der Waals surface area contributed by atoms with Crippen molar-refractivity contribution in [1.29, 1.82) is 0 Å². The number of nitrogens with zero attached hydrogens (tertiary/aromatic N) is 2. The van der Waals surface area contributed by atoms with Crippen LogP contribution in [0.25, 0.3) is 10.9 Å². The molecule has 0 radical (unpaired) electrons. The molecule has 1 aliphatic rings. The van der Waals surface area contributed by atoms with Crippen LogP contribution >= 0.6 is 0 Å². The van der Waals surface area contributed by atoms with E-state index in [1.807, 2.05) is 24.3 Å². The van der Waals surface area contributed by atoms with Gasteiger partial charge in [-0.2, -0.15) is 0 Å². The summed E-state index contributed by atoms with van der Waals surface area (Å²) in [4.78, 5) is 59.4. The van der Waals surface area contributed by atoms with Gasteiger partial charge in [0.2, 0.25) is 17.7 Å². The number of guanidine groups is 1. The highest BCUT2D eigenvalue weighted by Crippen LogP contribution is 2.23. The van der Waals surface area contributed by atoms with E-state index in [1.54, 1.807) is 6.20 Å². The summed E-state index contributed by atoms with van der Waals surface area (Å²) >= 11 is 0. The molecule has 1 aromatic carbocycles. The van der Waals surface area contributed by atoms with E-state index in [9.17, 15) is 29.4 Å². The standard InChI is InChI=1S/C25H36N8O6/c26-16(13-34)21(35)32-19(11-14-12-30-17-6-2-1-5-15(14)17)23(37)33-10-4-8-20(33)22(36)31-18(24(38)39)7-3-9-29-25(27)28/h1-2,5-6,12,16,18-20,30,34H,3-4,7-11,13,26H2,(H,31,36)(H,32,35)(H,38,39)(H4,27,28,29). The van der Waals surface area contributed by atoms with Crippen molar-refractivity contribution in [1.82, 2.24) is 20.5 Å². The Kier molecular flexibility index (Phi) is 10.2. The Hall–Kier alpha value is -4.17. The maximum Gasteiger partial charge on any atom is 0.326 e. The van der Waals surface area contributed by atoms with Crippen LogP contribution in [0.1, 0.15) is 31.2 Å². The van der Waals surface area contributed by atoms with Gasteiger partial charge in [-0.3, -0.25) is 19.4 Å². The lowest BCUT2D eigenvalue weighted by Crippen LogP contribution is -2.57. The van der Waals surface area contributed by atoms with Gasteiger partial charge in [0.25, 0.3) is 0 Å².